The third kappa shape index (κ3) is 3.42. The average molecular weight is 299 g/mol. The van der Waals surface area contributed by atoms with Gasteiger partial charge >= 0.3 is 0 Å². The summed E-state index contributed by atoms with van der Waals surface area (Å²) >= 11 is 13.6. The third-order valence-corrected chi connectivity index (χ3v) is 4.24. The molecule has 1 unspecified atom stereocenters. The van der Waals surface area contributed by atoms with Gasteiger partial charge in [0, 0.05) is 14.8 Å². The van der Waals surface area contributed by atoms with Gasteiger partial charge in [-0.2, -0.15) is 0 Å². The minimum Gasteiger partial charge on any atom is -0.389 e. The van der Waals surface area contributed by atoms with Crippen LogP contribution in [0.1, 0.15) is 18.6 Å². The summed E-state index contributed by atoms with van der Waals surface area (Å²) in [6.07, 6.45) is -0.503. The first-order chi connectivity index (χ1) is 8.56. The van der Waals surface area contributed by atoms with E-state index < -0.39 is 6.10 Å². The van der Waals surface area contributed by atoms with Crippen LogP contribution < -0.4 is 0 Å². The van der Waals surface area contributed by atoms with Crippen molar-refractivity contribution < 1.29 is 5.11 Å². The molecule has 2 rings (SSSR count). The van der Waals surface area contributed by atoms with E-state index in [9.17, 15) is 5.11 Å². The minimum absolute atomic E-state index is 0.503. The quantitative estimate of drug-likeness (QED) is 0.840. The van der Waals surface area contributed by atoms with Crippen LogP contribution in [-0.2, 0) is 0 Å². The van der Waals surface area contributed by atoms with Crippen molar-refractivity contribution in [2.75, 3.05) is 0 Å². The molecule has 0 amide bonds. The highest BCUT2D eigenvalue weighted by molar-refractivity contribution is 7.99. The minimum atomic E-state index is -0.503. The van der Waals surface area contributed by atoms with Crippen molar-refractivity contribution in [1.29, 1.82) is 0 Å². The Labute approximate surface area is 121 Å². The molecular weight excluding hydrogens is 287 g/mol. The average Bonchev–Trinajstić information content (AvgIpc) is 2.34. The lowest BCUT2D eigenvalue weighted by Crippen LogP contribution is -1.90. The van der Waals surface area contributed by atoms with E-state index in [-0.39, 0.29) is 0 Å². The molecule has 0 radical (unpaired) electrons. The summed E-state index contributed by atoms with van der Waals surface area (Å²) in [5, 5.41) is 10.8. The number of hydrogen-bond donors (Lipinski definition) is 1. The summed E-state index contributed by atoms with van der Waals surface area (Å²) in [6.45, 7) is 1.72. The molecule has 0 aromatic heterocycles. The molecule has 1 N–H and O–H groups in total. The van der Waals surface area contributed by atoms with Crippen LogP contribution in [0.4, 0.5) is 0 Å². The number of halogens is 2. The maximum atomic E-state index is 9.48. The Bertz CT molecular complexity index is 538. The van der Waals surface area contributed by atoms with E-state index in [2.05, 4.69) is 0 Å². The van der Waals surface area contributed by atoms with Crippen molar-refractivity contribution in [2.24, 2.45) is 0 Å². The fourth-order valence-corrected chi connectivity index (χ4v) is 2.74. The van der Waals surface area contributed by atoms with Crippen molar-refractivity contribution in [3.05, 3.63) is 58.1 Å². The molecule has 0 aliphatic carbocycles. The molecule has 2 aromatic rings. The molecule has 4 heteroatoms. The molecule has 0 saturated heterocycles. The molecule has 0 fully saturated rings. The van der Waals surface area contributed by atoms with Crippen LogP contribution in [0.2, 0.25) is 10.0 Å². The number of aliphatic hydroxyl groups excluding tert-OH is 1. The first kappa shape index (κ1) is 13.8. The van der Waals surface area contributed by atoms with Crippen molar-refractivity contribution in [1.82, 2.24) is 0 Å². The predicted molar refractivity (Wildman–Crippen MR) is 77.7 cm³/mol. The summed E-state index contributed by atoms with van der Waals surface area (Å²) in [4.78, 5) is 2.04. The van der Waals surface area contributed by atoms with Gasteiger partial charge in [0.05, 0.1) is 11.1 Å². The van der Waals surface area contributed by atoms with Gasteiger partial charge in [-0.05, 0) is 48.9 Å². The van der Waals surface area contributed by atoms with E-state index in [1.54, 1.807) is 24.8 Å². The van der Waals surface area contributed by atoms with Crippen LogP contribution in [0, 0.1) is 0 Å². The van der Waals surface area contributed by atoms with Gasteiger partial charge in [-0.3, -0.25) is 0 Å². The lowest BCUT2D eigenvalue weighted by Gasteiger charge is -2.09. The number of hydrogen-bond acceptors (Lipinski definition) is 2. The number of rotatable bonds is 3. The Morgan fingerprint density at radius 2 is 1.72 bits per heavy atom. The van der Waals surface area contributed by atoms with Gasteiger partial charge in [0.2, 0.25) is 0 Å². The van der Waals surface area contributed by atoms with Gasteiger partial charge in [-0.25, -0.2) is 0 Å². The van der Waals surface area contributed by atoms with Gasteiger partial charge in [0.1, 0.15) is 0 Å². The molecule has 2 aromatic carbocycles. The van der Waals surface area contributed by atoms with E-state index in [0.717, 1.165) is 20.4 Å². The molecular formula is C14H12Cl2OS. The van der Waals surface area contributed by atoms with Crippen LogP contribution in [0.3, 0.4) is 0 Å². The van der Waals surface area contributed by atoms with Gasteiger partial charge in [0.25, 0.3) is 0 Å². The van der Waals surface area contributed by atoms with E-state index in [0.29, 0.717) is 5.02 Å². The van der Waals surface area contributed by atoms with Gasteiger partial charge in [-0.1, -0.05) is 41.0 Å². The Balaban J connectivity index is 2.22. The normalized spacial score (nSPS) is 12.4. The van der Waals surface area contributed by atoms with Crippen LogP contribution in [0.5, 0.6) is 0 Å². The Morgan fingerprint density at radius 3 is 2.28 bits per heavy atom. The molecule has 0 aliphatic heterocycles. The van der Waals surface area contributed by atoms with Crippen molar-refractivity contribution in [3.63, 3.8) is 0 Å². The fraction of sp³-hybridized carbons (Fsp3) is 0.143. The molecule has 1 atom stereocenters. The summed E-state index contributed by atoms with van der Waals surface area (Å²) in [7, 11) is 0. The Kier molecular flexibility index (Phi) is 4.57. The monoisotopic (exact) mass is 298 g/mol. The second kappa shape index (κ2) is 5.98. The Hall–Kier alpha value is -0.670. The second-order valence-corrected chi connectivity index (χ2v) is 5.88. The lowest BCUT2D eigenvalue weighted by molar-refractivity contribution is 0.199. The summed E-state index contributed by atoms with van der Waals surface area (Å²) < 4.78 is 0. The smallest absolute Gasteiger partial charge is 0.0762 e. The molecule has 0 spiro atoms. The zero-order chi connectivity index (χ0) is 13.1. The fourth-order valence-electron chi connectivity index (χ4n) is 1.49. The molecule has 0 aliphatic rings. The maximum absolute atomic E-state index is 9.48. The molecule has 18 heavy (non-hydrogen) atoms. The van der Waals surface area contributed by atoms with Crippen molar-refractivity contribution >= 4 is 35.0 Å². The van der Waals surface area contributed by atoms with Gasteiger partial charge in [-0.15, -0.1) is 0 Å². The molecule has 0 saturated carbocycles. The highest BCUT2D eigenvalue weighted by Crippen LogP contribution is 2.35. The van der Waals surface area contributed by atoms with Crippen LogP contribution in [-0.4, -0.2) is 5.11 Å². The SMILES string of the molecule is CC(O)c1ccc(Sc2ccc(Cl)cc2)c(Cl)c1. The predicted octanol–water partition coefficient (Wildman–Crippen LogP) is 5.20. The number of benzene rings is 2. The van der Waals surface area contributed by atoms with Gasteiger partial charge in [0.15, 0.2) is 0 Å². The van der Waals surface area contributed by atoms with Crippen LogP contribution >= 0.6 is 35.0 Å². The van der Waals surface area contributed by atoms with E-state index >= 15 is 0 Å². The zero-order valence-corrected chi connectivity index (χ0v) is 12.1. The van der Waals surface area contributed by atoms with Crippen LogP contribution in [0.25, 0.3) is 0 Å². The highest BCUT2D eigenvalue weighted by atomic mass is 35.5. The number of aliphatic hydroxyl groups is 1. The molecule has 1 nitrogen and oxygen atoms in total. The second-order valence-electron chi connectivity index (χ2n) is 3.92. The lowest BCUT2D eigenvalue weighted by atomic mass is 10.1. The van der Waals surface area contributed by atoms with Crippen LogP contribution in [0.15, 0.2) is 52.3 Å². The van der Waals surface area contributed by atoms with Crippen molar-refractivity contribution in [2.45, 2.75) is 22.8 Å². The molecule has 0 bridgehead atoms. The molecule has 0 heterocycles. The maximum Gasteiger partial charge on any atom is 0.0762 e. The van der Waals surface area contributed by atoms with Gasteiger partial charge < -0.3 is 5.11 Å². The topological polar surface area (TPSA) is 20.2 Å². The van der Waals surface area contributed by atoms with E-state index in [1.165, 1.54) is 0 Å². The standard InChI is InChI=1S/C14H12Cl2OS/c1-9(17)10-2-7-14(13(16)8-10)18-12-5-3-11(15)4-6-12/h2-9,17H,1H3. The largest absolute Gasteiger partial charge is 0.389 e. The first-order valence-corrected chi connectivity index (χ1v) is 7.04. The summed E-state index contributed by atoms with van der Waals surface area (Å²) in [5.41, 5.74) is 0.820. The Morgan fingerprint density at radius 1 is 1.06 bits per heavy atom. The molecule has 94 valence electrons. The van der Waals surface area contributed by atoms with E-state index in [1.807, 2.05) is 36.4 Å². The zero-order valence-electron chi connectivity index (χ0n) is 9.73. The summed E-state index contributed by atoms with van der Waals surface area (Å²) in [6, 6.07) is 13.2. The van der Waals surface area contributed by atoms with E-state index in [4.69, 9.17) is 23.2 Å². The first-order valence-electron chi connectivity index (χ1n) is 5.47. The summed E-state index contributed by atoms with van der Waals surface area (Å²) in [5.74, 6) is 0. The highest BCUT2D eigenvalue weighted by Gasteiger charge is 2.07. The third-order valence-electron chi connectivity index (χ3n) is 2.48. The van der Waals surface area contributed by atoms with Crippen molar-refractivity contribution in [3.8, 4) is 0 Å².